The largest absolute Gasteiger partial charge is 0.478 e. The summed E-state index contributed by atoms with van der Waals surface area (Å²) >= 11 is 3.45. The van der Waals surface area contributed by atoms with Gasteiger partial charge in [-0.2, -0.15) is 0 Å². The molecule has 4 nitrogen and oxygen atoms in total. The van der Waals surface area contributed by atoms with Crippen LogP contribution in [0.2, 0.25) is 0 Å². The Balaban J connectivity index is 2.95. The summed E-state index contributed by atoms with van der Waals surface area (Å²) in [5.41, 5.74) is 7.56. The zero-order chi connectivity index (χ0) is 14.4. The van der Waals surface area contributed by atoms with Gasteiger partial charge in [0.25, 0.3) is 0 Å². The maximum absolute atomic E-state index is 11.6. The smallest absolute Gasteiger partial charge is 0.347 e. The van der Waals surface area contributed by atoms with E-state index in [0.717, 1.165) is 15.6 Å². The van der Waals surface area contributed by atoms with E-state index in [4.69, 9.17) is 15.2 Å². The molecule has 0 aliphatic carbocycles. The van der Waals surface area contributed by atoms with E-state index >= 15 is 0 Å². The van der Waals surface area contributed by atoms with Gasteiger partial charge in [-0.3, -0.25) is 0 Å². The highest BCUT2D eigenvalue weighted by Crippen LogP contribution is 2.29. The van der Waals surface area contributed by atoms with Crippen LogP contribution in [0.5, 0.6) is 5.75 Å². The number of carbonyl (C=O) groups excluding carboxylic acids is 1. The standard InChI is InChI=1S/C14H20BrNO3/c1-4-18-14(17)10(3)19-13-9(2)7-12(15)8-11(13)5-6-16/h7-8,10H,4-6,16H2,1-3H3. The first-order valence-corrected chi connectivity index (χ1v) is 7.11. The lowest BCUT2D eigenvalue weighted by molar-refractivity contribution is -0.150. The highest BCUT2D eigenvalue weighted by Gasteiger charge is 2.19. The SMILES string of the molecule is CCOC(=O)C(C)Oc1c(C)cc(Br)cc1CCN. The maximum atomic E-state index is 11.6. The molecule has 1 rings (SSSR count). The molecule has 1 unspecified atom stereocenters. The van der Waals surface area contributed by atoms with E-state index in [-0.39, 0.29) is 5.97 Å². The van der Waals surface area contributed by atoms with Crippen LogP contribution < -0.4 is 10.5 Å². The lowest BCUT2D eigenvalue weighted by Gasteiger charge is -2.18. The highest BCUT2D eigenvalue weighted by molar-refractivity contribution is 9.10. The average molecular weight is 330 g/mol. The van der Waals surface area contributed by atoms with E-state index in [1.807, 2.05) is 19.1 Å². The molecule has 0 heterocycles. The Kier molecular flexibility index (Phi) is 6.31. The van der Waals surface area contributed by atoms with Gasteiger partial charge in [-0.25, -0.2) is 4.79 Å². The molecule has 0 aromatic heterocycles. The third kappa shape index (κ3) is 4.51. The summed E-state index contributed by atoms with van der Waals surface area (Å²) in [7, 11) is 0. The van der Waals surface area contributed by atoms with Gasteiger partial charge in [0.05, 0.1) is 6.61 Å². The number of hydrogen-bond acceptors (Lipinski definition) is 4. The van der Waals surface area contributed by atoms with Crippen molar-refractivity contribution in [3.63, 3.8) is 0 Å². The average Bonchev–Trinajstić information content (AvgIpc) is 2.33. The van der Waals surface area contributed by atoms with Crippen molar-refractivity contribution in [1.82, 2.24) is 0 Å². The van der Waals surface area contributed by atoms with Crippen LogP contribution in [0, 0.1) is 6.92 Å². The molecule has 0 fully saturated rings. The zero-order valence-electron chi connectivity index (χ0n) is 11.5. The molecule has 1 aromatic rings. The van der Waals surface area contributed by atoms with Crippen LogP contribution in [0.4, 0.5) is 0 Å². The van der Waals surface area contributed by atoms with Gasteiger partial charge in [0.1, 0.15) is 5.75 Å². The Morgan fingerprint density at radius 1 is 1.47 bits per heavy atom. The van der Waals surface area contributed by atoms with Gasteiger partial charge in [-0.05, 0) is 57.0 Å². The fourth-order valence-electron chi connectivity index (χ4n) is 1.79. The van der Waals surface area contributed by atoms with Crippen molar-refractivity contribution in [2.24, 2.45) is 5.73 Å². The van der Waals surface area contributed by atoms with Crippen molar-refractivity contribution in [2.45, 2.75) is 33.3 Å². The molecule has 0 bridgehead atoms. The minimum absolute atomic E-state index is 0.349. The molecular formula is C14H20BrNO3. The molecule has 1 aromatic carbocycles. The summed E-state index contributed by atoms with van der Waals surface area (Å²) in [5, 5.41) is 0. The molecule has 0 aliphatic heterocycles. The quantitative estimate of drug-likeness (QED) is 0.815. The number of aryl methyl sites for hydroxylation is 1. The van der Waals surface area contributed by atoms with E-state index in [1.54, 1.807) is 13.8 Å². The van der Waals surface area contributed by atoms with E-state index < -0.39 is 6.10 Å². The fourth-order valence-corrected chi connectivity index (χ4v) is 2.41. The second-order valence-electron chi connectivity index (χ2n) is 4.26. The second-order valence-corrected chi connectivity index (χ2v) is 5.18. The van der Waals surface area contributed by atoms with E-state index in [2.05, 4.69) is 15.9 Å². The van der Waals surface area contributed by atoms with Crippen molar-refractivity contribution in [2.75, 3.05) is 13.2 Å². The molecule has 0 spiro atoms. The van der Waals surface area contributed by atoms with Gasteiger partial charge >= 0.3 is 5.97 Å². The molecule has 0 aliphatic rings. The van der Waals surface area contributed by atoms with E-state index in [0.29, 0.717) is 25.3 Å². The highest BCUT2D eigenvalue weighted by atomic mass is 79.9. The Morgan fingerprint density at radius 2 is 2.16 bits per heavy atom. The number of ether oxygens (including phenoxy) is 2. The number of nitrogens with two attached hydrogens (primary N) is 1. The summed E-state index contributed by atoms with van der Waals surface area (Å²) in [6.45, 7) is 6.28. The fraction of sp³-hybridized carbons (Fsp3) is 0.500. The normalized spacial score (nSPS) is 12.1. The number of benzene rings is 1. The number of carbonyl (C=O) groups is 1. The summed E-state index contributed by atoms with van der Waals surface area (Å²) in [6, 6.07) is 3.92. The van der Waals surface area contributed by atoms with Crippen molar-refractivity contribution < 1.29 is 14.3 Å². The van der Waals surface area contributed by atoms with Crippen LogP contribution in [-0.4, -0.2) is 25.2 Å². The molecule has 1 atom stereocenters. The van der Waals surface area contributed by atoms with Crippen molar-refractivity contribution in [3.05, 3.63) is 27.7 Å². The van der Waals surface area contributed by atoms with Crippen LogP contribution in [0.25, 0.3) is 0 Å². The van der Waals surface area contributed by atoms with Gasteiger partial charge < -0.3 is 15.2 Å². The first-order valence-electron chi connectivity index (χ1n) is 6.32. The Hall–Kier alpha value is -1.07. The Bertz CT molecular complexity index is 449. The van der Waals surface area contributed by atoms with Crippen LogP contribution in [0.1, 0.15) is 25.0 Å². The van der Waals surface area contributed by atoms with Crippen LogP contribution >= 0.6 is 15.9 Å². The maximum Gasteiger partial charge on any atom is 0.347 e. The monoisotopic (exact) mass is 329 g/mol. The first-order chi connectivity index (χ1) is 8.99. The Morgan fingerprint density at radius 3 is 2.74 bits per heavy atom. The summed E-state index contributed by atoms with van der Waals surface area (Å²) < 4.78 is 11.7. The molecular weight excluding hydrogens is 310 g/mol. The Labute approximate surface area is 122 Å². The molecule has 0 amide bonds. The van der Waals surface area contributed by atoms with Gasteiger partial charge in [0, 0.05) is 4.47 Å². The van der Waals surface area contributed by atoms with Gasteiger partial charge in [-0.15, -0.1) is 0 Å². The number of hydrogen-bond donors (Lipinski definition) is 1. The zero-order valence-corrected chi connectivity index (χ0v) is 13.1. The lowest BCUT2D eigenvalue weighted by Crippen LogP contribution is -2.27. The summed E-state index contributed by atoms with van der Waals surface area (Å²) in [4.78, 5) is 11.6. The molecule has 106 valence electrons. The molecule has 0 saturated carbocycles. The first kappa shape index (κ1) is 16.0. The predicted octanol–water partition coefficient (Wildman–Crippen LogP) is 2.59. The van der Waals surface area contributed by atoms with E-state index in [9.17, 15) is 4.79 Å². The summed E-state index contributed by atoms with van der Waals surface area (Å²) in [5.74, 6) is 0.359. The topological polar surface area (TPSA) is 61.5 Å². The van der Waals surface area contributed by atoms with Crippen molar-refractivity contribution in [3.8, 4) is 5.75 Å². The number of halogens is 1. The van der Waals surface area contributed by atoms with Gasteiger partial charge in [-0.1, -0.05) is 15.9 Å². The molecule has 19 heavy (non-hydrogen) atoms. The summed E-state index contributed by atoms with van der Waals surface area (Å²) in [6.07, 6.45) is 0.0712. The third-order valence-corrected chi connectivity index (χ3v) is 3.10. The minimum atomic E-state index is -0.628. The minimum Gasteiger partial charge on any atom is -0.478 e. The van der Waals surface area contributed by atoms with Crippen molar-refractivity contribution in [1.29, 1.82) is 0 Å². The van der Waals surface area contributed by atoms with Crippen molar-refractivity contribution >= 4 is 21.9 Å². The molecule has 5 heteroatoms. The predicted molar refractivity (Wildman–Crippen MR) is 78.4 cm³/mol. The number of rotatable bonds is 6. The second kappa shape index (κ2) is 7.50. The van der Waals surface area contributed by atoms with Gasteiger partial charge in [0.15, 0.2) is 6.10 Å². The molecule has 0 radical (unpaired) electrons. The third-order valence-electron chi connectivity index (χ3n) is 2.64. The lowest BCUT2D eigenvalue weighted by atomic mass is 10.1. The van der Waals surface area contributed by atoms with Gasteiger partial charge in [0.2, 0.25) is 0 Å². The van der Waals surface area contributed by atoms with Crippen LogP contribution in [0.15, 0.2) is 16.6 Å². The number of esters is 1. The van der Waals surface area contributed by atoms with E-state index in [1.165, 1.54) is 0 Å². The molecule has 0 saturated heterocycles. The molecule has 2 N–H and O–H groups in total. The van der Waals surface area contributed by atoms with Crippen LogP contribution in [-0.2, 0) is 16.0 Å². The van der Waals surface area contributed by atoms with Crippen LogP contribution in [0.3, 0.4) is 0 Å².